The lowest BCUT2D eigenvalue weighted by Crippen LogP contribution is -2.42. The molecule has 0 saturated carbocycles. The lowest BCUT2D eigenvalue weighted by Gasteiger charge is -2.39. The van der Waals surface area contributed by atoms with Crippen molar-refractivity contribution in [3.63, 3.8) is 0 Å². The van der Waals surface area contributed by atoms with Crippen LogP contribution in [0.3, 0.4) is 0 Å². The largest absolute Gasteiger partial charge is 0.312 e. The van der Waals surface area contributed by atoms with Crippen LogP contribution in [0.2, 0.25) is 0 Å². The standard InChI is InChI=1S/C22H24F4N2O3S/c1-5-8-28-16-7-6-13(9-15(16)22(3,4)10-17(28)29)27-32(30,31)11-14-20(25)18(23)12(2)19(24)21(14)26/h6-7,9,27H,5,8,10-11H2,1-4H3. The minimum absolute atomic E-state index is 0.0351. The number of anilines is 2. The van der Waals surface area contributed by atoms with Gasteiger partial charge in [-0.05, 0) is 37.1 Å². The molecular formula is C22H24F4N2O3S. The topological polar surface area (TPSA) is 66.5 Å². The van der Waals surface area contributed by atoms with Gasteiger partial charge in [-0.25, -0.2) is 26.0 Å². The maximum absolute atomic E-state index is 14.1. The second kappa shape index (κ2) is 8.38. The Morgan fingerprint density at radius 1 is 1.06 bits per heavy atom. The van der Waals surface area contributed by atoms with Gasteiger partial charge in [0.2, 0.25) is 15.9 Å². The van der Waals surface area contributed by atoms with Gasteiger partial charge in [0, 0.05) is 40.9 Å². The van der Waals surface area contributed by atoms with Crippen molar-refractivity contribution in [2.24, 2.45) is 0 Å². The van der Waals surface area contributed by atoms with E-state index in [2.05, 4.69) is 4.72 Å². The number of sulfonamides is 1. The first-order valence-corrected chi connectivity index (χ1v) is 11.7. The Bertz CT molecular complexity index is 1170. The first kappa shape index (κ1) is 24.0. The fourth-order valence-electron chi connectivity index (χ4n) is 3.87. The molecule has 10 heteroatoms. The average Bonchev–Trinajstić information content (AvgIpc) is 2.71. The highest BCUT2D eigenvalue weighted by molar-refractivity contribution is 7.91. The zero-order valence-corrected chi connectivity index (χ0v) is 19.0. The molecule has 0 unspecified atom stereocenters. The minimum atomic E-state index is -4.42. The fraction of sp³-hybridized carbons (Fsp3) is 0.409. The van der Waals surface area contributed by atoms with Gasteiger partial charge in [-0.15, -0.1) is 0 Å². The molecule has 0 aromatic heterocycles. The number of nitrogens with zero attached hydrogens (tertiary/aromatic N) is 1. The molecule has 0 spiro atoms. The molecule has 1 heterocycles. The van der Waals surface area contributed by atoms with E-state index in [1.807, 2.05) is 20.8 Å². The Kier molecular flexibility index (Phi) is 6.29. The Balaban J connectivity index is 1.96. The summed E-state index contributed by atoms with van der Waals surface area (Å²) >= 11 is 0. The number of hydrogen-bond donors (Lipinski definition) is 1. The van der Waals surface area contributed by atoms with Crippen LogP contribution in [0.15, 0.2) is 18.2 Å². The molecule has 0 radical (unpaired) electrons. The van der Waals surface area contributed by atoms with Crippen LogP contribution in [0.25, 0.3) is 0 Å². The molecule has 1 aliphatic heterocycles. The molecule has 1 N–H and O–H groups in total. The lowest BCUT2D eigenvalue weighted by molar-refractivity contribution is -0.120. The minimum Gasteiger partial charge on any atom is -0.312 e. The van der Waals surface area contributed by atoms with Gasteiger partial charge >= 0.3 is 0 Å². The summed E-state index contributed by atoms with van der Waals surface area (Å²) in [5, 5.41) is 0. The lowest BCUT2D eigenvalue weighted by atomic mass is 9.77. The molecule has 2 aromatic carbocycles. The first-order valence-electron chi connectivity index (χ1n) is 10.1. The van der Waals surface area contributed by atoms with Crippen molar-refractivity contribution in [3.8, 4) is 0 Å². The average molecular weight is 473 g/mol. The summed E-state index contributed by atoms with van der Waals surface area (Å²) in [6.45, 7) is 7.01. The molecule has 2 aromatic rings. The maximum Gasteiger partial charge on any atom is 0.237 e. The summed E-state index contributed by atoms with van der Waals surface area (Å²) in [7, 11) is -4.42. The molecule has 0 saturated heterocycles. The van der Waals surface area contributed by atoms with E-state index in [-0.39, 0.29) is 18.0 Å². The number of amides is 1. The second-order valence-corrected chi connectivity index (χ2v) is 10.3. The van der Waals surface area contributed by atoms with Crippen LogP contribution >= 0.6 is 0 Å². The van der Waals surface area contributed by atoms with Gasteiger partial charge in [0.15, 0.2) is 23.3 Å². The summed E-state index contributed by atoms with van der Waals surface area (Å²) in [4.78, 5) is 14.1. The Hall–Kier alpha value is -2.62. The van der Waals surface area contributed by atoms with Crippen molar-refractivity contribution in [2.75, 3.05) is 16.2 Å². The van der Waals surface area contributed by atoms with Crippen LogP contribution in [0.1, 0.15) is 50.3 Å². The number of carbonyl (C=O) groups excluding carboxylic acids is 1. The highest BCUT2D eigenvalue weighted by atomic mass is 32.2. The first-order chi connectivity index (χ1) is 14.8. The summed E-state index contributed by atoms with van der Waals surface area (Å²) in [5.41, 5.74) is -1.14. The maximum atomic E-state index is 14.1. The number of fused-ring (bicyclic) bond motifs is 1. The van der Waals surface area contributed by atoms with Crippen molar-refractivity contribution in [2.45, 2.75) is 51.7 Å². The van der Waals surface area contributed by atoms with Gasteiger partial charge < -0.3 is 4.90 Å². The zero-order valence-electron chi connectivity index (χ0n) is 18.2. The molecule has 0 bridgehead atoms. The third-order valence-electron chi connectivity index (χ3n) is 5.54. The second-order valence-electron chi connectivity index (χ2n) is 8.56. The third-order valence-corrected chi connectivity index (χ3v) is 6.75. The highest BCUT2D eigenvalue weighted by Gasteiger charge is 2.36. The molecule has 0 aliphatic carbocycles. The van der Waals surface area contributed by atoms with Crippen molar-refractivity contribution < 1.29 is 30.8 Å². The molecule has 1 amide bonds. The summed E-state index contributed by atoms with van der Waals surface area (Å²) in [5.74, 6) is -8.08. The number of nitrogens with one attached hydrogen (secondary N) is 1. The third kappa shape index (κ3) is 4.32. The number of carbonyl (C=O) groups is 1. The summed E-state index contributed by atoms with van der Waals surface area (Å²) in [6.07, 6.45) is 0.968. The molecular weight excluding hydrogens is 448 g/mol. The van der Waals surface area contributed by atoms with Gasteiger partial charge in [-0.1, -0.05) is 20.8 Å². The van der Waals surface area contributed by atoms with Crippen molar-refractivity contribution in [1.29, 1.82) is 0 Å². The van der Waals surface area contributed by atoms with E-state index in [4.69, 9.17) is 0 Å². The normalized spacial score (nSPS) is 15.6. The molecule has 32 heavy (non-hydrogen) atoms. The smallest absolute Gasteiger partial charge is 0.237 e. The van der Waals surface area contributed by atoms with Crippen LogP contribution in [0.4, 0.5) is 28.9 Å². The van der Waals surface area contributed by atoms with Crippen molar-refractivity contribution in [1.82, 2.24) is 0 Å². The number of benzene rings is 2. The molecule has 0 fully saturated rings. The Morgan fingerprint density at radius 2 is 1.66 bits per heavy atom. The van der Waals surface area contributed by atoms with Crippen LogP contribution in [-0.4, -0.2) is 20.9 Å². The van der Waals surface area contributed by atoms with Gasteiger partial charge in [0.05, 0.1) is 0 Å². The number of halogens is 4. The molecule has 5 nitrogen and oxygen atoms in total. The van der Waals surface area contributed by atoms with Gasteiger partial charge in [-0.3, -0.25) is 9.52 Å². The molecule has 174 valence electrons. The van der Waals surface area contributed by atoms with Gasteiger partial charge in [-0.2, -0.15) is 0 Å². The SMILES string of the molecule is CCCN1C(=O)CC(C)(C)c2cc(NS(=O)(=O)Cc3c(F)c(F)c(C)c(F)c3F)ccc21. The van der Waals surface area contributed by atoms with Gasteiger partial charge in [0.1, 0.15) is 5.75 Å². The monoisotopic (exact) mass is 472 g/mol. The Morgan fingerprint density at radius 3 is 2.22 bits per heavy atom. The predicted octanol–water partition coefficient (Wildman–Crippen LogP) is 4.92. The van der Waals surface area contributed by atoms with Crippen LogP contribution in [0, 0.1) is 30.2 Å². The van der Waals surface area contributed by atoms with E-state index in [1.54, 1.807) is 17.0 Å². The van der Waals surface area contributed by atoms with Crippen LogP contribution < -0.4 is 9.62 Å². The molecule has 0 atom stereocenters. The van der Waals surface area contributed by atoms with Crippen LogP contribution in [-0.2, 0) is 26.0 Å². The van der Waals surface area contributed by atoms with E-state index in [9.17, 15) is 30.8 Å². The van der Waals surface area contributed by atoms with E-state index < -0.39 is 55.6 Å². The number of hydrogen-bond acceptors (Lipinski definition) is 3. The quantitative estimate of drug-likeness (QED) is 0.480. The highest BCUT2D eigenvalue weighted by Crippen LogP contribution is 2.41. The van der Waals surface area contributed by atoms with E-state index in [1.165, 1.54) is 6.07 Å². The van der Waals surface area contributed by atoms with Gasteiger partial charge in [0.25, 0.3) is 0 Å². The van der Waals surface area contributed by atoms with E-state index in [0.717, 1.165) is 18.9 Å². The van der Waals surface area contributed by atoms with Crippen LogP contribution in [0.5, 0.6) is 0 Å². The van der Waals surface area contributed by atoms with Crippen molar-refractivity contribution >= 4 is 27.3 Å². The fourth-order valence-corrected chi connectivity index (χ4v) is 5.06. The zero-order chi connectivity index (χ0) is 24.0. The summed E-state index contributed by atoms with van der Waals surface area (Å²) < 4.78 is 83.3. The van der Waals surface area contributed by atoms with E-state index in [0.29, 0.717) is 12.2 Å². The molecule has 1 aliphatic rings. The predicted molar refractivity (Wildman–Crippen MR) is 114 cm³/mol. The number of rotatable bonds is 6. The Labute approximate surface area is 184 Å². The molecule has 3 rings (SSSR count). The van der Waals surface area contributed by atoms with Crippen molar-refractivity contribution in [3.05, 3.63) is 58.2 Å². The summed E-state index contributed by atoms with van der Waals surface area (Å²) in [6, 6.07) is 4.59. The van der Waals surface area contributed by atoms with E-state index >= 15 is 0 Å².